The number of aliphatic hydroxyl groups excluding tert-OH is 1. The quantitative estimate of drug-likeness (QED) is 0.820. The van der Waals surface area contributed by atoms with E-state index < -0.39 is 6.10 Å². The van der Waals surface area contributed by atoms with E-state index in [1.165, 1.54) is 0 Å². The van der Waals surface area contributed by atoms with Crippen LogP contribution in [0.3, 0.4) is 0 Å². The molecule has 1 aliphatic rings. The first kappa shape index (κ1) is 17.1. The molecular weight excluding hydrogens is 302 g/mol. The molecule has 0 bridgehead atoms. The Morgan fingerprint density at radius 2 is 2.21 bits per heavy atom. The van der Waals surface area contributed by atoms with Crippen molar-refractivity contribution in [2.45, 2.75) is 31.8 Å². The average molecular weight is 329 g/mol. The van der Waals surface area contributed by atoms with Crippen molar-refractivity contribution in [2.75, 3.05) is 32.8 Å². The molecule has 5 heteroatoms. The van der Waals surface area contributed by atoms with Crippen molar-refractivity contribution in [2.24, 2.45) is 0 Å². The van der Waals surface area contributed by atoms with Crippen LogP contribution in [-0.4, -0.2) is 58.9 Å². The van der Waals surface area contributed by atoms with Crippen LogP contribution in [0.2, 0.25) is 0 Å². The highest BCUT2D eigenvalue weighted by atomic mass is 16.5. The number of hydrogen-bond donors (Lipinski definition) is 2. The number of piperidine rings is 1. The molecule has 5 nitrogen and oxygen atoms in total. The second-order valence-electron chi connectivity index (χ2n) is 6.46. The number of aromatic nitrogens is 2. The van der Waals surface area contributed by atoms with Gasteiger partial charge in [0.1, 0.15) is 5.82 Å². The molecular formula is C19H27N3O2. The number of hydrogen-bond acceptors (Lipinski definition) is 4. The zero-order valence-electron chi connectivity index (χ0n) is 14.3. The minimum Gasteiger partial charge on any atom is -0.389 e. The summed E-state index contributed by atoms with van der Waals surface area (Å²) in [5.41, 5.74) is 2.23. The first-order valence-corrected chi connectivity index (χ1v) is 8.84. The molecule has 2 atom stereocenters. The number of nitrogens with one attached hydrogen (secondary N) is 1. The zero-order chi connectivity index (χ0) is 16.8. The van der Waals surface area contributed by atoms with Gasteiger partial charge in [0, 0.05) is 25.6 Å². The number of aromatic amines is 1. The molecule has 130 valence electrons. The van der Waals surface area contributed by atoms with E-state index in [9.17, 15) is 5.11 Å². The fourth-order valence-corrected chi connectivity index (χ4v) is 3.36. The van der Waals surface area contributed by atoms with Crippen molar-refractivity contribution in [3.05, 3.63) is 42.4 Å². The Labute approximate surface area is 143 Å². The fourth-order valence-electron chi connectivity index (χ4n) is 3.36. The lowest BCUT2D eigenvalue weighted by Gasteiger charge is -2.33. The van der Waals surface area contributed by atoms with Gasteiger partial charge in [-0.25, -0.2) is 4.98 Å². The largest absolute Gasteiger partial charge is 0.389 e. The van der Waals surface area contributed by atoms with Gasteiger partial charge < -0.3 is 14.8 Å². The lowest BCUT2D eigenvalue weighted by Crippen LogP contribution is -2.41. The van der Waals surface area contributed by atoms with E-state index in [4.69, 9.17) is 4.74 Å². The highest BCUT2D eigenvalue weighted by Gasteiger charge is 2.25. The molecule has 2 heterocycles. The van der Waals surface area contributed by atoms with Gasteiger partial charge >= 0.3 is 0 Å². The summed E-state index contributed by atoms with van der Waals surface area (Å²) >= 11 is 0. The molecule has 1 aromatic heterocycles. The second-order valence-corrected chi connectivity index (χ2v) is 6.46. The number of aliphatic hydroxyl groups is 1. The molecule has 2 N–H and O–H groups in total. The maximum Gasteiger partial charge on any atom is 0.110 e. The van der Waals surface area contributed by atoms with Gasteiger partial charge in [-0.05, 0) is 31.9 Å². The maximum atomic E-state index is 10.1. The summed E-state index contributed by atoms with van der Waals surface area (Å²) in [4.78, 5) is 10.4. The Bertz CT molecular complexity index is 614. The van der Waals surface area contributed by atoms with Crippen LogP contribution in [0, 0.1) is 0 Å². The molecule has 2 aromatic rings. The highest BCUT2D eigenvalue weighted by Crippen LogP contribution is 2.27. The number of rotatable bonds is 7. The third-order valence-corrected chi connectivity index (χ3v) is 4.56. The van der Waals surface area contributed by atoms with Gasteiger partial charge in [0.25, 0.3) is 0 Å². The number of nitrogens with zero attached hydrogens (tertiary/aromatic N) is 2. The molecule has 24 heavy (non-hydrogen) atoms. The topological polar surface area (TPSA) is 61.4 Å². The number of imidazole rings is 1. The Hall–Kier alpha value is -1.69. The third kappa shape index (κ3) is 4.44. The predicted octanol–water partition coefficient (Wildman–Crippen LogP) is 2.65. The molecule has 1 fully saturated rings. The van der Waals surface area contributed by atoms with Gasteiger partial charge in [0.15, 0.2) is 0 Å². The lowest BCUT2D eigenvalue weighted by atomic mass is 9.97. The molecule has 0 radical (unpaired) electrons. The molecule has 1 aromatic carbocycles. The van der Waals surface area contributed by atoms with Crippen molar-refractivity contribution in [3.63, 3.8) is 0 Å². The fraction of sp³-hybridized carbons (Fsp3) is 0.526. The number of benzene rings is 1. The third-order valence-electron chi connectivity index (χ3n) is 4.56. The van der Waals surface area contributed by atoms with Gasteiger partial charge in [-0.1, -0.05) is 30.3 Å². The molecule has 0 amide bonds. The first-order chi connectivity index (χ1) is 11.8. The van der Waals surface area contributed by atoms with Crippen molar-refractivity contribution >= 4 is 0 Å². The van der Waals surface area contributed by atoms with Crippen LogP contribution in [-0.2, 0) is 4.74 Å². The molecule has 2 unspecified atom stereocenters. The van der Waals surface area contributed by atoms with Crippen LogP contribution in [0.4, 0.5) is 0 Å². The van der Waals surface area contributed by atoms with E-state index in [2.05, 4.69) is 27.0 Å². The second kappa shape index (κ2) is 8.42. The van der Waals surface area contributed by atoms with Gasteiger partial charge in [0.2, 0.25) is 0 Å². The summed E-state index contributed by atoms with van der Waals surface area (Å²) < 4.78 is 5.31. The normalized spacial score (nSPS) is 20.2. The lowest BCUT2D eigenvalue weighted by molar-refractivity contribution is 0.0159. The first-order valence-electron chi connectivity index (χ1n) is 8.84. The van der Waals surface area contributed by atoms with Crippen LogP contribution in [0.1, 0.15) is 31.5 Å². The van der Waals surface area contributed by atoms with E-state index in [0.29, 0.717) is 25.7 Å². The molecule has 1 saturated heterocycles. The van der Waals surface area contributed by atoms with Crippen LogP contribution in [0.5, 0.6) is 0 Å². The van der Waals surface area contributed by atoms with Gasteiger partial charge in [-0.3, -0.25) is 4.90 Å². The van der Waals surface area contributed by atoms with E-state index >= 15 is 0 Å². The van der Waals surface area contributed by atoms with Gasteiger partial charge in [0.05, 0.1) is 24.6 Å². The van der Waals surface area contributed by atoms with Crippen LogP contribution in [0.25, 0.3) is 11.3 Å². The SMILES string of the molecule is CCOCC(O)CN1CCCC(c2ncc(-c3ccccc3)[nH]2)C1. The Kier molecular flexibility index (Phi) is 6.01. The molecule has 3 rings (SSSR count). The number of ether oxygens (including phenoxy) is 1. The van der Waals surface area contributed by atoms with Crippen molar-refractivity contribution in [1.82, 2.24) is 14.9 Å². The highest BCUT2D eigenvalue weighted by molar-refractivity contribution is 5.58. The summed E-state index contributed by atoms with van der Waals surface area (Å²) in [6, 6.07) is 10.3. The Morgan fingerprint density at radius 1 is 1.38 bits per heavy atom. The van der Waals surface area contributed by atoms with Crippen LogP contribution >= 0.6 is 0 Å². The summed E-state index contributed by atoms with van der Waals surface area (Å²) in [5.74, 6) is 1.45. The smallest absolute Gasteiger partial charge is 0.110 e. The van der Waals surface area contributed by atoms with Crippen LogP contribution < -0.4 is 0 Å². The average Bonchev–Trinajstić information content (AvgIpc) is 3.11. The number of likely N-dealkylation sites (tertiary alicyclic amines) is 1. The molecule has 0 aliphatic carbocycles. The standard InChI is InChI=1S/C19H27N3O2/c1-2-24-14-17(23)13-22-10-6-9-16(12-22)19-20-11-18(21-19)15-7-4-3-5-8-15/h3-5,7-8,11,16-17,23H,2,6,9-10,12-14H2,1H3,(H,20,21). The zero-order valence-corrected chi connectivity index (χ0v) is 14.3. The molecule has 0 spiro atoms. The number of H-pyrrole nitrogens is 1. The van der Waals surface area contributed by atoms with E-state index in [-0.39, 0.29) is 0 Å². The van der Waals surface area contributed by atoms with E-state index in [1.54, 1.807) is 0 Å². The summed E-state index contributed by atoms with van der Waals surface area (Å²) in [7, 11) is 0. The summed E-state index contributed by atoms with van der Waals surface area (Å²) in [6.07, 6.45) is 3.78. The summed E-state index contributed by atoms with van der Waals surface area (Å²) in [6.45, 7) is 5.65. The molecule has 1 aliphatic heterocycles. The van der Waals surface area contributed by atoms with Crippen molar-refractivity contribution < 1.29 is 9.84 Å². The van der Waals surface area contributed by atoms with Crippen molar-refractivity contribution in [1.29, 1.82) is 0 Å². The van der Waals surface area contributed by atoms with Crippen molar-refractivity contribution in [3.8, 4) is 11.3 Å². The van der Waals surface area contributed by atoms with E-state index in [1.807, 2.05) is 31.3 Å². The molecule has 0 saturated carbocycles. The number of β-amino-alcohol motifs (C(OH)–C–C–N with tert-alkyl or cyclic N) is 1. The van der Waals surface area contributed by atoms with Crippen LogP contribution in [0.15, 0.2) is 36.5 Å². The van der Waals surface area contributed by atoms with Gasteiger partial charge in [-0.2, -0.15) is 0 Å². The Morgan fingerprint density at radius 3 is 3.00 bits per heavy atom. The maximum absolute atomic E-state index is 10.1. The van der Waals surface area contributed by atoms with E-state index in [0.717, 1.165) is 43.0 Å². The monoisotopic (exact) mass is 329 g/mol. The Balaban J connectivity index is 1.60. The minimum atomic E-state index is -0.416. The predicted molar refractivity (Wildman–Crippen MR) is 94.9 cm³/mol. The minimum absolute atomic E-state index is 0.399. The summed E-state index contributed by atoms with van der Waals surface area (Å²) in [5, 5.41) is 10.1. The van der Waals surface area contributed by atoms with Gasteiger partial charge in [-0.15, -0.1) is 0 Å².